The molecule has 2 heterocycles. The van der Waals surface area contributed by atoms with Crippen molar-refractivity contribution in [3.05, 3.63) is 84.2 Å². The zero-order valence-electron chi connectivity index (χ0n) is 16.0. The highest BCUT2D eigenvalue weighted by Crippen LogP contribution is 2.33. The van der Waals surface area contributed by atoms with E-state index in [1.165, 1.54) is 10.9 Å². The van der Waals surface area contributed by atoms with Crippen molar-refractivity contribution in [3.8, 4) is 17.0 Å². The summed E-state index contributed by atoms with van der Waals surface area (Å²) in [6.45, 7) is 7.23. The van der Waals surface area contributed by atoms with Gasteiger partial charge < -0.3 is 9.72 Å². The SMILES string of the molecule is CC(C)(C)c1ccc2[nH]c(-c3ccncc3OCc3ccccc3)cc2c1. The number of rotatable bonds is 4. The summed E-state index contributed by atoms with van der Waals surface area (Å²) in [6.07, 6.45) is 3.58. The van der Waals surface area contributed by atoms with Gasteiger partial charge in [0.25, 0.3) is 0 Å². The van der Waals surface area contributed by atoms with Gasteiger partial charge in [-0.1, -0.05) is 57.2 Å². The second-order valence-corrected chi connectivity index (χ2v) is 7.88. The predicted octanol–water partition coefficient (Wildman–Crippen LogP) is 6.11. The number of ether oxygens (including phenoxy) is 1. The van der Waals surface area contributed by atoms with Crippen LogP contribution in [0.5, 0.6) is 5.75 Å². The van der Waals surface area contributed by atoms with Gasteiger partial charge in [0.15, 0.2) is 0 Å². The van der Waals surface area contributed by atoms with E-state index in [2.05, 4.69) is 67.1 Å². The molecule has 0 radical (unpaired) electrons. The zero-order valence-corrected chi connectivity index (χ0v) is 16.0. The fourth-order valence-corrected chi connectivity index (χ4v) is 3.20. The van der Waals surface area contributed by atoms with Crippen LogP contribution in [0, 0.1) is 0 Å². The Bertz CT molecular complexity index is 1060. The summed E-state index contributed by atoms with van der Waals surface area (Å²) in [5, 5.41) is 1.21. The third-order valence-corrected chi connectivity index (χ3v) is 4.80. The Morgan fingerprint density at radius 2 is 1.78 bits per heavy atom. The Balaban J connectivity index is 1.67. The van der Waals surface area contributed by atoms with E-state index in [0.717, 1.165) is 28.1 Å². The van der Waals surface area contributed by atoms with Crippen LogP contribution >= 0.6 is 0 Å². The standard InChI is InChI=1S/C24H24N2O/c1-24(2,3)19-9-10-21-18(13-19)14-22(26-21)20-11-12-25-15-23(20)27-16-17-7-5-4-6-8-17/h4-15,26H,16H2,1-3H3. The first-order chi connectivity index (χ1) is 13.0. The number of aromatic nitrogens is 2. The molecule has 0 atom stereocenters. The average molecular weight is 356 g/mol. The van der Waals surface area contributed by atoms with Crippen LogP contribution in [-0.4, -0.2) is 9.97 Å². The number of aromatic amines is 1. The Morgan fingerprint density at radius 1 is 0.963 bits per heavy atom. The van der Waals surface area contributed by atoms with E-state index < -0.39 is 0 Å². The maximum atomic E-state index is 6.07. The van der Waals surface area contributed by atoms with Crippen LogP contribution in [0.1, 0.15) is 31.9 Å². The zero-order chi connectivity index (χ0) is 18.9. The topological polar surface area (TPSA) is 37.9 Å². The molecule has 1 N–H and O–H groups in total. The molecular weight excluding hydrogens is 332 g/mol. The normalized spacial score (nSPS) is 11.7. The lowest BCUT2D eigenvalue weighted by Crippen LogP contribution is -2.10. The molecule has 4 aromatic rings. The monoisotopic (exact) mass is 356 g/mol. The van der Waals surface area contributed by atoms with Gasteiger partial charge in [0.05, 0.1) is 11.9 Å². The molecule has 0 aliphatic rings. The van der Waals surface area contributed by atoms with Crippen LogP contribution in [0.2, 0.25) is 0 Å². The molecule has 0 amide bonds. The molecular formula is C24H24N2O. The lowest BCUT2D eigenvalue weighted by Gasteiger charge is -2.18. The quantitative estimate of drug-likeness (QED) is 0.479. The van der Waals surface area contributed by atoms with Crippen molar-refractivity contribution in [1.29, 1.82) is 0 Å². The van der Waals surface area contributed by atoms with Gasteiger partial charge in [-0.25, -0.2) is 0 Å². The molecule has 0 fully saturated rings. The molecule has 2 aromatic heterocycles. The van der Waals surface area contributed by atoms with Crippen LogP contribution in [0.3, 0.4) is 0 Å². The fraction of sp³-hybridized carbons (Fsp3) is 0.208. The van der Waals surface area contributed by atoms with E-state index in [0.29, 0.717) is 6.61 Å². The van der Waals surface area contributed by atoms with Crippen molar-refractivity contribution in [2.24, 2.45) is 0 Å². The van der Waals surface area contributed by atoms with Gasteiger partial charge >= 0.3 is 0 Å². The Kier molecular flexibility index (Phi) is 4.44. The second kappa shape index (κ2) is 6.92. The van der Waals surface area contributed by atoms with Gasteiger partial charge in [0.1, 0.15) is 12.4 Å². The van der Waals surface area contributed by atoms with E-state index in [9.17, 15) is 0 Å². The maximum Gasteiger partial charge on any atom is 0.147 e. The van der Waals surface area contributed by atoms with Crippen LogP contribution < -0.4 is 4.74 Å². The van der Waals surface area contributed by atoms with E-state index >= 15 is 0 Å². The number of hydrogen-bond donors (Lipinski definition) is 1. The lowest BCUT2D eigenvalue weighted by atomic mass is 9.86. The summed E-state index contributed by atoms with van der Waals surface area (Å²) in [5.41, 5.74) is 5.79. The molecule has 3 nitrogen and oxygen atoms in total. The smallest absolute Gasteiger partial charge is 0.147 e. The first kappa shape index (κ1) is 17.3. The Morgan fingerprint density at radius 3 is 2.56 bits per heavy atom. The largest absolute Gasteiger partial charge is 0.487 e. The maximum absolute atomic E-state index is 6.07. The molecule has 3 heteroatoms. The highest BCUT2D eigenvalue weighted by atomic mass is 16.5. The van der Waals surface area contributed by atoms with Crippen molar-refractivity contribution >= 4 is 10.9 Å². The van der Waals surface area contributed by atoms with E-state index in [1.54, 1.807) is 12.4 Å². The minimum Gasteiger partial charge on any atom is -0.487 e. The third-order valence-electron chi connectivity index (χ3n) is 4.80. The summed E-state index contributed by atoms with van der Waals surface area (Å²) < 4.78 is 6.07. The van der Waals surface area contributed by atoms with Gasteiger partial charge in [0, 0.05) is 22.7 Å². The fourth-order valence-electron chi connectivity index (χ4n) is 3.20. The summed E-state index contributed by atoms with van der Waals surface area (Å²) in [4.78, 5) is 7.77. The second-order valence-electron chi connectivity index (χ2n) is 7.88. The predicted molar refractivity (Wildman–Crippen MR) is 111 cm³/mol. The van der Waals surface area contributed by atoms with Crippen LogP contribution in [-0.2, 0) is 12.0 Å². The molecule has 0 aliphatic heterocycles. The summed E-state index contributed by atoms with van der Waals surface area (Å²) >= 11 is 0. The van der Waals surface area contributed by atoms with Crippen molar-refractivity contribution in [2.45, 2.75) is 32.8 Å². The molecule has 27 heavy (non-hydrogen) atoms. The van der Waals surface area contributed by atoms with Gasteiger partial charge in [-0.05, 0) is 40.8 Å². The minimum atomic E-state index is 0.131. The highest BCUT2D eigenvalue weighted by molar-refractivity contribution is 5.87. The molecule has 0 bridgehead atoms. The number of nitrogens with zero attached hydrogens (tertiary/aromatic N) is 1. The van der Waals surface area contributed by atoms with Crippen molar-refractivity contribution in [2.75, 3.05) is 0 Å². The molecule has 0 saturated heterocycles. The van der Waals surface area contributed by atoms with E-state index in [-0.39, 0.29) is 5.41 Å². The van der Waals surface area contributed by atoms with Crippen LogP contribution in [0.4, 0.5) is 0 Å². The molecule has 0 aliphatic carbocycles. The number of pyridine rings is 1. The Labute approximate surface area is 160 Å². The molecule has 136 valence electrons. The van der Waals surface area contributed by atoms with Crippen molar-refractivity contribution < 1.29 is 4.74 Å². The van der Waals surface area contributed by atoms with E-state index in [1.807, 2.05) is 24.3 Å². The number of fused-ring (bicyclic) bond motifs is 1. The average Bonchev–Trinajstić information content (AvgIpc) is 3.10. The van der Waals surface area contributed by atoms with Gasteiger partial charge in [-0.3, -0.25) is 4.98 Å². The summed E-state index contributed by atoms with van der Waals surface area (Å²) in [6, 6.07) is 21.0. The summed E-state index contributed by atoms with van der Waals surface area (Å²) in [7, 11) is 0. The van der Waals surface area contributed by atoms with Gasteiger partial charge in [-0.2, -0.15) is 0 Å². The first-order valence-electron chi connectivity index (χ1n) is 9.25. The molecule has 2 aromatic carbocycles. The van der Waals surface area contributed by atoms with Crippen molar-refractivity contribution in [1.82, 2.24) is 9.97 Å². The van der Waals surface area contributed by atoms with Crippen molar-refractivity contribution in [3.63, 3.8) is 0 Å². The molecule has 4 rings (SSSR count). The van der Waals surface area contributed by atoms with Crippen LogP contribution in [0.25, 0.3) is 22.2 Å². The molecule has 0 unspecified atom stereocenters. The van der Waals surface area contributed by atoms with Gasteiger partial charge in [-0.15, -0.1) is 0 Å². The highest BCUT2D eigenvalue weighted by Gasteiger charge is 2.15. The Hall–Kier alpha value is -3.07. The number of H-pyrrole nitrogens is 1. The van der Waals surface area contributed by atoms with Crippen LogP contribution in [0.15, 0.2) is 73.1 Å². The number of nitrogens with one attached hydrogen (secondary N) is 1. The molecule has 0 spiro atoms. The first-order valence-corrected chi connectivity index (χ1v) is 9.25. The van der Waals surface area contributed by atoms with Gasteiger partial charge in [0.2, 0.25) is 0 Å². The third kappa shape index (κ3) is 3.72. The number of hydrogen-bond acceptors (Lipinski definition) is 2. The molecule has 0 saturated carbocycles. The lowest BCUT2D eigenvalue weighted by molar-refractivity contribution is 0.306. The van der Waals surface area contributed by atoms with E-state index in [4.69, 9.17) is 4.74 Å². The number of benzene rings is 2. The minimum absolute atomic E-state index is 0.131. The summed E-state index contributed by atoms with van der Waals surface area (Å²) in [5.74, 6) is 0.781.